The van der Waals surface area contributed by atoms with Crippen molar-refractivity contribution in [1.82, 2.24) is 0 Å². The van der Waals surface area contributed by atoms with Gasteiger partial charge in [-0.3, -0.25) is 0 Å². The monoisotopic (exact) mass is 196 g/mol. The van der Waals surface area contributed by atoms with Gasteiger partial charge in [-0.05, 0) is 29.7 Å². The van der Waals surface area contributed by atoms with Gasteiger partial charge in [0.2, 0.25) is 0 Å². The maximum absolute atomic E-state index is 9.42. The lowest BCUT2D eigenvalue weighted by Gasteiger charge is -2.12. The number of benzene rings is 1. The van der Waals surface area contributed by atoms with E-state index < -0.39 is 6.10 Å². The Morgan fingerprint density at radius 3 is 2.64 bits per heavy atom. The maximum atomic E-state index is 9.42. The molecule has 0 aromatic heterocycles. The molecular weight excluding hydrogens is 180 g/mol. The number of methoxy groups -OCH3 is 1. The smallest absolute Gasteiger partial charge is 0.122 e. The molecule has 3 nitrogen and oxygen atoms in total. The van der Waals surface area contributed by atoms with Crippen LogP contribution in [0.3, 0.4) is 0 Å². The predicted molar refractivity (Wildman–Crippen MR) is 54.4 cm³/mol. The molecular formula is C11H16O3. The number of aliphatic hydroxyl groups is 2. The SMILES string of the molecule is CCc1cc(C(O)CO)ccc1OC. The average Bonchev–Trinajstić information content (AvgIpc) is 2.26. The third-order valence-corrected chi connectivity index (χ3v) is 2.24. The van der Waals surface area contributed by atoms with Gasteiger partial charge >= 0.3 is 0 Å². The van der Waals surface area contributed by atoms with E-state index in [9.17, 15) is 5.11 Å². The molecule has 0 radical (unpaired) electrons. The molecule has 0 heterocycles. The van der Waals surface area contributed by atoms with E-state index in [1.54, 1.807) is 13.2 Å². The van der Waals surface area contributed by atoms with Crippen molar-refractivity contribution in [2.45, 2.75) is 19.4 Å². The second-order valence-corrected chi connectivity index (χ2v) is 3.12. The summed E-state index contributed by atoms with van der Waals surface area (Å²) in [6.45, 7) is 1.77. The van der Waals surface area contributed by atoms with Crippen molar-refractivity contribution in [3.05, 3.63) is 29.3 Å². The molecule has 0 amide bonds. The van der Waals surface area contributed by atoms with Crippen LogP contribution in [0.4, 0.5) is 0 Å². The molecule has 0 aliphatic carbocycles. The molecule has 0 spiro atoms. The molecule has 1 aromatic carbocycles. The van der Waals surface area contributed by atoms with E-state index >= 15 is 0 Å². The van der Waals surface area contributed by atoms with Gasteiger partial charge < -0.3 is 14.9 Å². The lowest BCUT2D eigenvalue weighted by Crippen LogP contribution is -2.03. The summed E-state index contributed by atoms with van der Waals surface area (Å²) in [6.07, 6.45) is 0.0426. The number of aliphatic hydroxyl groups excluding tert-OH is 2. The first-order valence-corrected chi connectivity index (χ1v) is 4.68. The molecule has 1 aromatic rings. The molecule has 1 rings (SSSR count). The molecule has 2 N–H and O–H groups in total. The summed E-state index contributed by atoms with van der Waals surface area (Å²) in [5, 5.41) is 18.2. The third kappa shape index (κ3) is 2.25. The molecule has 0 aliphatic heterocycles. The Balaban J connectivity index is 3.01. The van der Waals surface area contributed by atoms with Gasteiger partial charge in [-0.15, -0.1) is 0 Å². The molecule has 78 valence electrons. The Labute approximate surface area is 84.0 Å². The van der Waals surface area contributed by atoms with Gasteiger partial charge in [0, 0.05) is 0 Å². The van der Waals surface area contributed by atoms with E-state index in [0.717, 1.165) is 23.3 Å². The lowest BCUT2D eigenvalue weighted by molar-refractivity contribution is 0.0955. The Hall–Kier alpha value is -1.06. The highest BCUT2D eigenvalue weighted by Crippen LogP contribution is 2.23. The minimum atomic E-state index is -0.800. The van der Waals surface area contributed by atoms with Crippen LogP contribution in [-0.2, 0) is 6.42 Å². The Kier molecular flexibility index (Phi) is 3.92. The predicted octanol–water partition coefficient (Wildman–Crippen LogP) is 1.28. The van der Waals surface area contributed by atoms with Gasteiger partial charge in [0.15, 0.2) is 0 Å². The molecule has 0 fully saturated rings. The number of rotatable bonds is 4. The van der Waals surface area contributed by atoms with E-state index in [-0.39, 0.29) is 6.61 Å². The first-order valence-electron chi connectivity index (χ1n) is 4.68. The van der Waals surface area contributed by atoms with E-state index in [0.29, 0.717) is 0 Å². The fourth-order valence-electron chi connectivity index (χ4n) is 1.39. The molecule has 0 saturated carbocycles. The van der Waals surface area contributed by atoms with Gasteiger partial charge in [0.1, 0.15) is 11.9 Å². The molecule has 1 unspecified atom stereocenters. The highest BCUT2D eigenvalue weighted by Gasteiger charge is 2.08. The van der Waals surface area contributed by atoms with Crippen molar-refractivity contribution in [1.29, 1.82) is 0 Å². The summed E-state index contributed by atoms with van der Waals surface area (Å²) in [7, 11) is 1.62. The van der Waals surface area contributed by atoms with Gasteiger partial charge in [-0.25, -0.2) is 0 Å². The number of hydrogen-bond acceptors (Lipinski definition) is 3. The number of aryl methyl sites for hydroxylation is 1. The summed E-state index contributed by atoms with van der Waals surface area (Å²) in [6, 6.07) is 5.44. The Morgan fingerprint density at radius 1 is 1.43 bits per heavy atom. The lowest BCUT2D eigenvalue weighted by atomic mass is 10.0. The molecule has 0 aliphatic rings. The summed E-state index contributed by atoms with van der Waals surface area (Å²) >= 11 is 0. The van der Waals surface area contributed by atoms with Crippen molar-refractivity contribution in [2.75, 3.05) is 13.7 Å². The van der Waals surface area contributed by atoms with E-state index in [1.165, 1.54) is 0 Å². The molecule has 0 saturated heterocycles. The average molecular weight is 196 g/mol. The van der Waals surface area contributed by atoms with Crippen molar-refractivity contribution in [3.63, 3.8) is 0 Å². The molecule has 1 atom stereocenters. The summed E-state index contributed by atoms with van der Waals surface area (Å²) in [5.41, 5.74) is 1.77. The zero-order valence-corrected chi connectivity index (χ0v) is 8.53. The van der Waals surface area contributed by atoms with Gasteiger partial charge in [0.25, 0.3) is 0 Å². The van der Waals surface area contributed by atoms with Crippen LogP contribution in [0, 0.1) is 0 Å². The minimum absolute atomic E-state index is 0.254. The number of hydrogen-bond donors (Lipinski definition) is 2. The summed E-state index contributed by atoms with van der Waals surface area (Å²) in [4.78, 5) is 0. The Bertz CT molecular complexity index is 297. The van der Waals surface area contributed by atoms with Crippen LogP contribution >= 0.6 is 0 Å². The van der Waals surface area contributed by atoms with Gasteiger partial charge in [-0.2, -0.15) is 0 Å². The van der Waals surface area contributed by atoms with Gasteiger partial charge in [-0.1, -0.05) is 13.0 Å². The van der Waals surface area contributed by atoms with Crippen molar-refractivity contribution < 1.29 is 14.9 Å². The molecule has 0 bridgehead atoms. The zero-order valence-electron chi connectivity index (χ0n) is 8.53. The van der Waals surface area contributed by atoms with Crippen LogP contribution in [0.15, 0.2) is 18.2 Å². The van der Waals surface area contributed by atoms with Crippen LogP contribution in [0.25, 0.3) is 0 Å². The highest BCUT2D eigenvalue weighted by atomic mass is 16.5. The van der Waals surface area contributed by atoms with Crippen molar-refractivity contribution in [2.24, 2.45) is 0 Å². The van der Waals surface area contributed by atoms with Crippen LogP contribution in [0.1, 0.15) is 24.2 Å². The Morgan fingerprint density at radius 2 is 2.14 bits per heavy atom. The van der Waals surface area contributed by atoms with E-state index in [1.807, 2.05) is 19.1 Å². The van der Waals surface area contributed by atoms with E-state index in [2.05, 4.69) is 0 Å². The zero-order chi connectivity index (χ0) is 10.6. The second kappa shape index (κ2) is 4.98. The van der Waals surface area contributed by atoms with E-state index in [4.69, 9.17) is 9.84 Å². The number of ether oxygens (including phenoxy) is 1. The van der Waals surface area contributed by atoms with Crippen LogP contribution < -0.4 is 4.74 Å². The first-order chi connectivity index (χ1) is 6.72. The fourth-order valence-corrected chi connectivity index (χ4v) is 1.39. The van der Waals surface area contributed by atoms with Crippen LogP contribution in [0.5, 0.6) is 5.75 Å². The minimum Gasteiger partial charge on any atom is -0.496 e. The van der Waals surface area contributed by atoms with Crippen molar-refractivity contribution in [3.8, 4) is 5.75 Å². The highest BCUT2D eigenvalue weighted by molar-refractivity contribution is 5.38. The molecule has 14 heavy (non-hydrogen) atoms. The fraction of sp³-hybridized carbons (Fsp3) is 0.455. The largest absolute Gasteiger partial charge is 0.496 e. The van der Waals surface area contributed by atoms with Crippen molar-refractivity contribution >= 4 is 0 Å². The standard InChI is InChI=1S/C11H16O3/c1-3-8-6-9(10(13)7-12)4-5-11(8)14-2/h4-6,10,12-13H,3,7H2,1-2H3. The third-order valence-electron chi connectivity index (χ3n) is 2.24. The summed E-state index contributed by atoms with van der Waals surface area (Å²) in [5.74, 6) is 0.821. The summed E-state index contributed by atoms with van der Waals surface area (Å²) < 4.78 is 5.16. The maximum Gasteiger partial charge on any atom is 0.122 e. The molecule has 3 heteroatoms. The van der Waals surface area contributed by atoms with Gasteiger partial charge in [0.05, 0.1) is 13.7 Å². The van der Waals surface area contributed by atoms with Crippen LogP contribution in [-0.4, -0.2) is 23.9 Å². The normalized spacial score (nSPS) is 12.6. The quantitative estimate of drug-likeness (QED) is 0.762. The first kappa shape index (κ1) is 11.0. The topological polar surface area (TPSA) is 49.7 Å². The second-order valence-electron chi connectivity index (χ2n) is 3.12. The van der Waals surface area contributed by atoms with Crippen LogP contribution in [0.2, 0.25) is 0 Å².